The Labute approximate surface area is 88.2 Å². The molecule has 0 bridgehead atoms. The van der Waals surface area contributed by atoms with Crippen molar-refractivity contribution in [3.8, 4) is 0 Å². The van der Waals surface area contributed by atoms with Crippen molar-refractivity contribution < 1.29 is 13.6 Å². The number of benzene rings is 1. The predicted molar refractivity (Wildman–Crippen MR) is 53.5 cm³/mol. The molecular weight excluding hydrogens is 256 g/mol. The number of carbonyl (C=O) groups excluding carboxylic acids is 1. The fourth-order valence-corrected chi connectivity index (χ4v) is 1.95. The summed E-state index contributed by atoms with van der Waals surface area (Å²) in [6.45, 7) is 1.28. The van der Waals surface area contributed by atoms with Gasteiger partial charge in [-0.15, -0.1) is 0 Å². The Kier molecular flexibility index (Phi) is 3.21. The van der Waals surface area contributed by atoms with Crippen LogP contribution in [-0.4, -0.2) is 5.78 Å². The monoisotopic (exact) mass is 263 g/mol. The number of rotatable bonds is 2. The molecule has 0 aliphatic carbocycles. The van der Waals surface area contributed by atoms with Gasteiger partial charge in [0.1, 0.15) is 0 Å². The van der Waals surface area contributed by atoms with Gasteiger partial charge in [0, 0.05) is 15.7 Å². The first kappa shape index (κ1) is 11.1. The lowest BCUT2D eigenvalue weighted by molar-refractivity contribution is 0.101. The molecule has 0 amide bonds. The van der Waals surface area contributed by atoms with E-state index in [1.807, 2.05) is 0 Å². The van der Waals surface area contributed by atoms with Crippen molar-refractivity contribution in [2.75, 3.05) is 5.73 Å². The van der Waals surface area contributed by atoms with Gasteiger partial charge in [-0.1, -0.05) is 6.07 Å². The van der Waals surface area contributed by atoms with Gasteiger partial charge in [-0.3, -0.25) is 4.79 Å². The number of nitrogen functional groups attached to an aromatic ring is 1. The molecule has 0 fully saturated rings. The van der Waals surface area contributed by atoms with Crippen LogP contribution in [0.3, 0.4) is 0 Å². The maximum atomic E-state index is 12.4. The molecule has 0 radical (unpaired) electrons. The molecule has 1 aromatic carbocycles. The largest absolute Gasteiger partial charge is 0.398 e. The summed E-state index contributed by atoms with van der Waals surface area (Å²) in [6.07, 6.45) is -2.62. The van der Waals surface area contributed by atoms with Gasteiger partial charge in [0.2, 0.25) is 0 Å². The molecular formula is C9H8BrF2NO. The van der Waals surface area contributed by atoms with Crippen molar-refractivity contribution in [1.29, 1.82) is 0 Å². The van der Waals surface area contributed by atoms with Crippen molar-refractivity contribution in [2.24, 2.45) is 0 Å². The predicted octanol–water partition coefficient (Wildman–Crippen LogP) is 3.17. The van der Waals surface area contributed by atoms with Crippen molar-refractivity contribution in [3.05, 3.63) is 27.7 Å². The van der Waals surface area contributed by atoms with E-state index in [-0.39, 0.29) is 27.1 Å². The van der Waals surface area contributed by atoms with Crippen LogP contribution in [0.2, 0.25) is 0 Å². The average molecular weight is 264 g/mol. The highest BCUT2D eigenvalue weighted by atomic mass is 79.9. The Balaban J connectivity index is 3.41. The number of hydrogen-bond donors (Lipinski definition) is 1. The van der Waals surface area contributed by atoms with E-state index in [0.29, 0.717) is 0 Å². The molecule has 0 unspecified atom stereocenters. The summed E-state index contributed by atoms with van der Waals surface area (Å²) in [5, 5.41) is 0. The second-order valence-electron chi connectivity index (χ2n) is 2.79. The fraction of sp³-hybridized carbons (Fsp3) is 0.222. The van der Waals surface area contributed by atoms with Gasteiger partial charge in [-0.05, 0) is 28.9 Å². The minimum Gasteiger partial charge on any atom is -0.398 e. The summed E-state index contributed by atoms with van der Waals surface area (Å²) < 4.78 is 24.9. The molecule has 0 atom stereocenters. The van der Waals surface area contributed by atoms with Crippen LogP contribution in [0.5, 0.6) is 0 Å². The first-order chi connectivity index (χ1) is 6.45. The highest BCUT2D eigenvalue weighted by molar-refractivity contribution is 9.10. The SMILES string of the molecule is CC(=O)c1c(N)ccc(C(F)F)c1Br. The molecule has 1 aromatic rings. The van der Waals surface area contributed by atoms with Crippen molar-refractivity contribution in [1.82, 2.24) is 0 Å². The molecule has 14 heavy (non-hydrogen) atoms. The highest BCUT2D eigenvalue weighted by Gasteiger charge is 2.18. The van der Waals surface area contributed by atoms with Gasteiger partial charge in [0.05, 0.1) is 5.56 Å². The molecule has 0 saturated carbocycles. The van der Waals surface area contributed by atoms with E-state index in [1.165, 1.54) is 19.1 Å². The van der Waals surface area contributed by atoms with Crippen LogP contribution in [-0.2, 0) is 0 Å². The quantitative estimate of drug-likeness (QED) is 0.658. The lowest BCUT2D eigenvalue weighted by atomic mass is 10.1. The van der Waals surface area contributed by atoms with E-state index < -0.39 is 6.43 Å². The van der Waals surface area contributed by atoms with E-state index >= 15 is 0 Å². The van der Waals surface area contributed by atoms with Gasteiger partial charge >= 0.3 is 0 Å². The molecule has 1 rings (SSSR count). The molecule has 0 saturated heterocycles. The minimum absolute atomic E-state index is 0.0833. The lowest BCUT2D eigenvalue weighted by Gasteiger charge is -2.09. The zero-order valence-corrected chi connectivity index (χ0v) is 8.94. The lowest BCUT2D eigenvalue weighted by Crippen LogP contribution is -2.03. The number of carbonyl (C=O) groups is 1. The van der Waals surface area contributed by atoms with Crippen LogP contribution in [0.1, 0.15) is 29.3 Å². The second kappa shape index (κ2) is 4.04. The van der Waals surface area contributed by atoms with Crippen LogP contribution in [0, 0.1) is 0 Å². The zero-order chi connectivity index (χ0) is 10.9. The van der Waals surface area contributed by atoms with Crippen molar-refractivity contribution >= 4 is 27.4 Å². The second-order valence-corrected chi connectivity index (χ2v) is 3.58. The van der Waals surface area contributed by atoms with Crippen LogP contribution < -0.4 is 5.73 Å². The third-order valence-corrected chi connectivity index (χ3v) is 2.65. The Bertz CT molecular complexity index is 379. The van der Waals surface area contributed by atoms with Crippen LogP contribution >= 0.6 is 15.9 Å². The van der Waals surface area contributed by atoms with Crippen molar-refractivity contribution in [2.45, 2.75) is 13.3 Å². The van der Waals surface area contributed by atoms with Gasteiger partial charge in [0.25, 0.3) is 6.43 Å². The normalized spacial score (nSPS) is 10.6. The topological polar surface area (TPSA) is 43.1 Å². The number of hydrogen-bond acceptors (Lipinski definition) is 2. The first-order valence-electron chi connectivity index (χ1n) is 3.82. The fourth-order valence-electron chi connectivity index (χ4n) is 1.13. The molecule has 5 heteroatoms. The van der Waals surface area contributed by atoms with E-state index in [4.69, 9.17) is 5.73 Å². The van der Waals surface area contributed by atoms with E-state index in [1.54, 1.807) is 0 Å². The number of alkyl halides is 2. The average Bonchev–Trinajstić information content (AvgIpc) is 2.02. The number of anilines is 1. The summed E-state index contributed by atoms with van der Waals surface area (Å²) in [6, 6.07) is 2.51. The third-order valence-electron chi connectivity index (χ3n) is 1.79. The maximum Gasteiger partial charge on any atom is 0.264 e. The molecule has 0 aliphatic rings. The van der Waals surface area contributed by atoms with Crippen LogP contribution in [0.15, 0.2) is 16.6 Å². The maximum absolute atomic E-state index is 12.4. The molecule has 0 heterocycles. The molecule has 76 valence electrons. The molecule has 0 aromatic heterocycles. The van der Waals surface area contributed by atoms with Gasteiger partial charge in [-0.25, -0.2) is 8.78 Å². The number of Topliss-reactive ketones (excluding diaryl/α,β-unsaturated/α-hetero) is 1. The first-order valence-corrected chi connectivity index (χ1v) is 4.61. The summed E-state index contributed by atoms with van der Waals surface area (Å²) >= 11 is 2.95. The minimum atomic E-state index is -2.62. The summed E-state index contributed by atoms with van der Waals surface area (Å²) in [4.78, 5) is 11.1. The standard InChI is InChI=1S/C9H8BrF2NO/c1-4(14)7-6(13)3-2-5(8(7)10)9(11)12/h2-3,9H,13H2,1H3. The Morgan fingerprint density at radius 3 is 2.50 bits per heavy atom. The summed E-state index contributed by atoms with van der Waals surface area (Å²) in [5.74, 6) is -0.336. The van der Waals surface area contributed by atoms with Gasteiger partial charge in [-0.2, -0.15) is 0 Å². The summed E-state index contributed by atoms with van der Waals surface area (Å²) in [5.41, 5.74) is 5.59. The number of halogens is 3. The Morgan fingerprint density at radius 1 is 1.50 bits per heavy atom. The number of ketones is 1. The molecule has 2 nitrogen and oxygen atoms in total. The smallest absolute Gasteiger partial charge is 0.264 e. The van der Waals surface area contributed by atoms with E-state index in [0.717, 1.165) is 0 Å². The van der Waals surface area contributed by atoms with Crippen molar-refractivity contribution in [3.63, 3.8) is 0 Å². The van der Waals surface area contributed by atoms with Gasteiger partial charge < -0.3 is 5.73 Å². The Morgan fingerprint density at radius 2 is 2.07 bits per heavy atom. The highest BCUT2D eigenvalue weighted by Crippen LogP contribution is 2.33. The van der Waals surface area contributed by atoms with Crippen LogP contribution in [0.25, 0.3) is 0 Å². The molecule has 0 spiro atoms. The number of nitrogens with two attached hydrogens (primary N) is 1. The Hall–Kier alpha value is -0.970. The van der Waals surface area contributed by atoms with Crippen LogP contribution in [0.4, 0.5) is 14.5 Å². The zero-order valence-electron chi connectivity index (χ0n) is 7.35. The van der Waals surface area contributed by atoms with E-state index in [9.17, 15) is 13.6 Å². The van der Waals surface area contributed by atoms with Gasteiger partial charge in [0.15, 0.2) is 5.78 Å². The molecule has 2 N–H and O–H groups in total. The molecule has 0 aliphatic heterocycles. The van der Waals surface area contributed by atoms with E-state index in [2.05, 4.69) is 15.9 Å². The third kappa shape index (κ3) is 1.92. The summed E-state index contributed by atoms with van der Waals surface area (Å²) in [7, 11) is 0.